The molecule has 0 aliphatic rings. The maximum atomic E-state index is 10.4. The highest BCUT2D eigenvalue weighted by molar-refractivity contribution is 5.93. The Kier molecular flexibility index (Phi) is 3.78. The fourth-order valence-electron chi connectivity index (χ4n) is 2.12. The summed E-state index contributed by atoms with van der Waals surface area (Å²) in [5.74, 6) is -0.756. The van der Waals surface area contributed by atoms with Crippen LogP contribution in [0.3, 0.4) is 0 Å². The number of allylic oxidation sites excluding steroid dienone is 1. The van der Waals surface area contributed by atoms with Crippen molar-refractivity contribution in [1.29, 1.82) is 0 Å². The number of fused-ring (bicyclic) bond motifs is 1. The average Bonchev–Trinajstić information content (AvgIpc) is 2.34. The van der Waals surface area contributed by atoms with Gasteiger partial charge in [0.25, 0.3) is 0 Å². The Hall–Kier alpha value is -2.09. The molecule has 1 N–H and O–H groups in total. The Morgan fingerprint density at radius 3 is 2.67 bits per heavy atom. The molecule has 2 heteroatoms. The first-order valence-electron chi connectivity index (χ1n) is 6.05. The largest absolute Gasteiger partial charge is 0.481 e. The molecule has 0 saturated heterocycles. The molecule has 92 valence electrons. The van der Waals surface area contributed by atoms with Gasteiger partial charge in [-0.1, -0.05) is 48.6 Å². The Morgan fingerprint density at radius 2 is 1.94 bits per heavy atom. The highest BCUT2D eigenvalue weighted by Crippen LogP contribution is 2.23. The highest BCUT2D eigenvalue weighted by atomic mass is 16.4. The van der Waals surface area contributed by atoms with E-state index in [2.05, 4.69) is 37.3 Å². The molecule has 0 aliphatic heterocycles. The van der Waals surface area contributed by atoms with Gasteiger partial charge >= 0.3 is 5.97 Å². The fraction of sp³-hybridized carbons (Fsp3) is 0.188. The number of rotatable bonds is 4. The molecule has 2 rings (SSSR count). The van der Waals surface area contributed by atoms with Crippen molar-refractivity contribution in [3.8, 4) is 0 Å². The zero-order valence-electron chi connectivity index (χ0n) is 10.4. The first kappa shape index (κ1) is 12.4. The topological polar surface area (TPSA) is 37.3 Å². The smallest absolute Gasteiger partial charge is 0.303 e. The van der Waals surface area contributed by atoms with Crippen molar-refractivity contribution in [1.82, 2.24) is 0 Å². The molecule has 0 radical (unpaired) electrons. The maximum absolute atomic E-state index is 10.4. The lowest BCUT2D eigenvalue weighted by atomic mass is 9.99. The Balaban J connectivity index is 2.30. The van der Waals surface area contributed by atoms with Crippen LogP contribution in [0.4, 0.5) is 0 Å². The van der Waals surface area contributed by atoms with Crippen LogP contribution in [0.2, 0.25) is 0 Å². The molecule has 0 saturated carbocycles. The number of aliphatic carboxylic acids is 1. The van der Waals surface area contributed by atoms with E-state index in [-0.39, 0.29) is 6.42 Å². The number of hydrogen-bond donors (Lipinski definition) is 1. The first-order chi connectivity index (χ1) is 8.68. The summed E-state index contributed by atoms with van der Waals surface area (Å²) in [6, 6.07) is 12.4. The maximum Gasteiger partial charge on any atom is 0.303 e. The lowest BCUT2D eigenvalue weighted by Gasteiger charge is -2.05. The van der Waals surface area contributed by atoms with Crippen molar-refractivity contribution in [2.24, 2.45) is 0 Å². The molecule has 2 aromatic rings. The minimum absolute atomic E-state index is 0.181. The summed E-state index contributed by atoms with van der Waals surface area (Å²) in [4.78, 5) is 10.4. The molecule has 0 spiro atoms. The van der Waals surface area contributed by atoms with Crippen LogP contribution in [0.15, 0.2) is 42.5 Å². The monoisotopic (exact) mass is 240 g/mol. The third kappa shape index (κ3) is 2.77. The van der Waals surface area contributed by atoms with E-state index in [4.69, 9.17) is 5.11 Å². The van der Waals surface area contributed by atoms with Gasteiger partial charge in [-0.05, 0) is 35.2 Å². The van der Waals surface area contributed by atoms with Gasteiger partial charge in [0, 0.05) is 6.42 Å². The molecule has 2 nitrogen and oxygen atoms in total. The van der Waals surface area contributed by atoms with Crippen LogP contribution in [0.5, 0.6) is 0 Å². The van der Waals surface area contributed by atoms with E-state index in [9.17, 15) is 4.79 Å². The molecule has 0 aliphatic carbocycles. The average molecular weight is 240 g/mol. The second-order valence-corrected chi connectivity index (χ2v) is 4.36. The van der Waals surface area contributed by atoms with Crippen LogP contribution >= 0.6 is 0 Å². The molecule has 0 aromatic heterocycles. The van der Waals surface area contributed by atoms with Gasteiger partial charge in [-0.2, -0.15) is 0 Å². The van der Waals surface area contributed by atoms with E-state index in [1.807, 2.05) is 18.2 Å². The molecule has 18 heavy (non-hydrogen) atoms. The minimum Gasteiger partial charge on any atom is -0.481 e. The van der Waals surface area contributed by atoms with Crippen LogP contribution in [-0.2, 0) is 4.79 Å². The lowest BCUT2D eigenvalue weighted by Crippen LogP contribution is -1.91. The second-order valence-electron chi connectivity index (χ2n) is 4.36. The predicted octanol–water partition coefficient (Wildman–Crippen LogP) is 4.03. The normalized spacial score (nSPS) is 11.2. The number of carboxylic acids is 1. The predicted molar refractivity (Wildman–Crippen MR) is 74.6 cm³/mol. The van der Waals surface area contributed by atoms with Gasteiger partial charge in [-0.25, -0.2) is 0 Å². The number of aryl methyl sites for hydroxylation is 1. The van der Waals surface area contributed by atoms with Gasteiger partial charge in [-0.3, -0.25) is 4.79 Å². The Morgan fingerprint density at radius 1 is 1.22 bits per heavy atom. The first-order valence-corrected chi connectivity index (χ1v) is 6.05. The lowest BCUT2D eigenvalue weighted by molar-refractivity contribution is -0.136. The van der Waals surface area contributed by atoms with Gasteiger partial charge in [0.1, 0.15) is 0 Å². The number of carboxylic acid groups (broad SMARTS) is 1. The van der Waals surface area contributed by atoms with Crippen LogP contribution in [0, 0.1) is 6.92 Å². The molecule has 0 bridgehead atoms. The van der Waals surface area contributed by atoms with Crippen LogP contribution in [0.25, 0.3) is 16.8 Å². The third-order valence-corrected chi connectivity index (χ3v) is 2.97. The molecule has 0 fully saturated rings. The van der Waals surface area contributed by atoms with E-state index in [1.54, 1.807) is 0 Å². The number of carbonyl (C=O) groups is 1. The Bertz CT molecular complexity index is 592. The van der Waals surface area contributed by atoms with E-state index >= 15 is 0 Å². The van der Waals surface area contributed by atoms with Gasteiger partial charge < -0.3 is 5.11 Å². The van der Waals surface area contributed by atoms with Crippen LogP contribution in [0.1, 0.15) is 24.0 Å². The Labute approximate surface area is 107 Å². The summed E-state index contributed by atoms with van der Waals surface area (Å²) in [5.41, 5.74) is 2.39. The van der Waals surface area contributed by atoms with Crippen molar-refractivity contribution in [3.63, 3.8) is 0 Å². The minimum atomic E-state index is -0.756. The van der Waals surface area contributed by atoms with E-state index < -0.39 is 5.97 Å². The van der Waals surface area contributed by atoms with Crippen molar-refractivity contribution in [2.75, 3.05) is 0 Å². The number of benzene rings is 2. The van der Waals surface area contributed by atoms with Gasteiger partial charge in [0.05, 0.1) is 0 Å². The molecule has 0 unspecified atom stereocenters. The zero-order chi connectivity index (χ0) is 13.0. The van der Waals surface area contributed by atoms with Crippen molar-refractivity contribution < 1.29 is 9.90 Å². The number of hydrogen-bond acceptors (Lipinski definition) is 1. The van der Waals surface area contributed by atoms with Crippen molar-refractivity contribution in [3.05, 3.63) is 53.6 Å². The summed E-state index contributed by atoms with van der Waals surface area (Å²) in [6.45, 7) is 2.09. The summed E-state index contributed by atoms with van der Waals surface area (Å²) in [7, 11) is 0. The quantitative estimate of drug-likeness (QED) is 0.876. The van der Waals surface area contributed by atoms with Gasteiger partial charge in [0.15, 0.2) is 0 Å². The molecular weight excluding hydrogens is 224 g/mol. The van der Waals surface area contributed by atoms with E-state index in [1.165, 1.54) is 16.3 Å². The molecule has 0 amide bonds. The molecule has 0 atom stereocenters. The van der Waals surface area contributed by atoms with E-state index in [0.717, 1.165) is 5.56 Å². The molecule has 2 aromatic carbocycles. The van der Waals surface area contributed by atoms with Crippen LogP contribution in [-0.4, -0.2) is 11.1 Å². The molecule has 0 heterocycles. The standard InChI is InChI=1S/C16H16O2/c1-12-6-4-8-14-10-5-9-13(16(12)14)7-2-3-11-15(17)18/h2,4-10H,3,11H2,1H3,(H,17,18). The fourth-order valence-corrected chi connectivity index (χ4v) is 2.12. The van der Waals surface area contributed by atoms with E-state index in [0.29, 0.717) is 6.42 Å². The molecular formula is C16H16O2. The van der Waals surface area contributed by atoms with Crippen molar-refractivity contribution >= 4 is 22.8 Å². The second kappa shape index (κ2) is 5.50. The summed E-state index contributed by atoms with van der Waals surface area (Å²) in [6.07, 6.45) is 4.69. The summed E-state index contributed by atoms with van der Waals surface area (Å²) >= 11 is 0. The SMILES string of the molecule is Cc1cccc2cccc(C=CCCC(=O)O)c12. The third-order valence-electron chi connectivity index (χ3n) is 2.97. The summed E-state index contributed by atoms with van der Waals surface area (Å²) in [5, 5.41) is 11.1. The van der Waals surface area contributed by atoms with Gasteiger partial charge in [-0.15, -0.1) is 0 Å². The van der Waals surface area contributed by atoms with Gasteiger partial charge in [0.2, 0.25) is 0 Å². The van der Waals surface area contributed by atoms with Crippen molar-refractivity contribution in [2.45, 2.75) is 19.8 Å². The zero-order valence-corrected chi connectivity index (χ0v) is 10.4. The summed E-state index contributed by atoms with van der Waals surface area (Å²) < 4.78 is 0. The highest BCUT2D eigenvalue weighted by Gasteiger charge is 2.00. The van der Waals surface area contributed by atoms with Crippen LogP contribution < -0.4 is 0 Å².